The molecule has 0 aliphatic carbocycles. The van der Waals surface area contributed by atoms with Crippen molar-refractivity contribution in [1.82, 2.24) is 4.57 Å². The van der Waals surface area contributed by atoms with Gasteiger partial charge in [-0.1, -0.05) is 32.6 Å². The minimum atomic E-state index is -1.57. The van der Waals surface area contributed by atoms with Crippen LogP contribution in [0.15, 0.2) is 87.7 Å². The molecule has 0 aliphatic rings. The van der Waals surface area contributed by atoms with Gasteiger partial charge in [0.15, 0.2) is 57.9 Å². The molecule has 0 bridgehead atoms. The molecule has 0 saturated carbocycles. The molecule has 19 heteroatoms. The molecule has 8 nitrogen and oxygen atoms in total. The van der Waals surface area contributed by atoms with Gasteiger partial charge >= 0.3 is 0 Å². The van der Waals surface area contributed by atoms with E-state index in [0.29, 0.717) is 11.4 Å². The average molecular weight is 1170 g/mol. The molecule has 0 fully saturated rings. The summed E-state index contributed by atoms with van der Waals surface area (Å²) in [5, 5.41) is 13.8. The zero-order valence-corrected chi connectivity index (χ0v) is 39.5. The summed E-state index contributed by atoms with van der Waals surface area (Å²) in [4.78, 5) is 3.70. The predicted molar refractivity (Wildman–Crippen MR) is 227 cm³/mol. The van der Waals surface area contributed by atoms with Gasteiger partial charge in [-0.2, -0.15) is 10.2 Å². The van der Waals surface area contributed by atoms with E-state index in [1.54, 1.807) is 48.5 Å². The molecule has 0 radical (unpaired) electrons. The molecule has 4 aromatic carbocycles. The maximum Gasteiger partial charge on any atom is 0.243 e. The number of rotatable bonds is 13. The summed E-state index contributed by atoms with van der Waals surface area (Å²) in [6, 6.07) is 13.1. The van der Waals surface area contributed by atoms with Crippen LogP contribution in [0.25, 0.3) is 0 Å². The summed E-state index contributed by atoms with van der Waals surface area (Å²) < 4.78 is 111. The summed E-state index contributed by atoms with van der Waals surface area (Å²) in [6.45, 7) is 3.44. The molecule has 59 heavy (non-hydrogen) atoms. The molecule has 320 valence electrons. The monoisotopic (exact) mass is 1170 g/mol. The topological polar surface area (TPSA) is 64.7 Å². The molecule has 0 unspecified atom stereocenters. The van der Waals surface area contributed by atoms with E-state index in [2.05, 4.69) is 62.3 Å². The molecule has 0 N–H and O–H groups in total. The second-order valence-corrected chi connectivity index (χ2v) is 15.3. The second kappa shape index (κ2) is 25.3. The minimum Gasteiger partial charge on any atom is -1.00 e. The van der Waals surface area contributed by atoms with E-state index >= 15 is 0 Å². The Kier molecular flexibility index (Phi) is 22.2. The van der Waals surface area contributed by atoms with Crippen molar-refractivity contribution in [2.24, 2.45) is 27.5 Å². The number of halogens is 11. The van der Waals surface area contributed by atoms with Crippen molar-refractivity contribution in [3.63, 3.8) is 0 Å². The first-order valence-corrected chi connectivity index (χ1v) is 20.1. The van der Waals surface area contributed by atoms with E-state index in [1.165, 1.54) is 90.3 Å². The maximum absolute atomic E-state index is 13.6. The van der Waals surface area contributed by atoms with Crippen LogP contribution in [0.3, 0.4) is 0 Å². The number of benzene rings is 4. The lowest BCUT2D eigenvalue weighted by molar-refractivity contribution is -0.671. The van der Waals surface area contributed by atoms with Gasteiger partial charge < -0.3 is 33.8 Å². The van der Waals surface area contributed by atoms with Gasteiger partial charge in [-0.25, -0.2) is 44.3 Å². The Morgan fingerprint density at radius 1 is 0.542 bits per heavy atom. The van der Waals surface area contributed by atoms with Crippen LogP contribution in [0.2, 0.25) is 0 Å². The quantitative estimate of drug-likeness (QED) is 0.0224. The van der Waals surface area contributed by atoms with Gasteiger partial charge in [0.2, 0.25) is 6.33 Å². The number of nitrogens with zero attached hydrogens (tertiary/aromatic N) is 8. The molecular formula is C40H43F8I3N8. The summed E-state index contributed by atoms with van der Waals surface area (Å²) >= 11 is 2.36. The van der Waals surface area contributed by atoms with Crippen LogP contribution < -0.4 is 38.3 Å². The van der Waals surface area contributed by atoms with Gasteiger partial charge in [-0.05, 0) is 107 Å². The van der Waals surface area contributed by atoms with Gasteiger partial charge in [0, 0.05) is 39.6 Å². The number of aryl methyl sites for hydroxylation is 2. The van der Waals surface area contributed by atoms with E-state index in [0.717, 1.165) is 11.4 Å². The predicted octanol–water partition coefficient (Wildman–Crippen LogP) is 10.3. The lowest BCUT2D eigenvalue weighted by atomic mass is 10.1. The Hall–Kier alpha value is -3.48. The molecule has 5 rings (SSSR count). The van der Waals surface area contributed by atoms with E-state index in [-0.39, 0.29) is 24.0 Å². The van der Waals surface area contributed by atoms with Crippen molar-refractivity contribution in [3.8, 4) is 0 Å². The fourth-order valence-electron chi connectivity index (χ4n) is 4.92. The largest absolute Gasteiger partial charge is 1.00 e. The third kappa shape index (κ3) is 15.2. The molecule has 1 heterocycles. The van der Waals surface area contributed by atoms with Crippen LogP contribution >= 0.6 is 45.2 Å². The summed E-state index contributed by atoms with van der Waals surface area (Å²) in [5.41, 5.74) is 0.192. The van der Waals surface area contributed by atoms with Crippen molar-refractivity contribution in [1.29, 1.82) is 0 Å². The normalized spacial score (nSPS) is 10.9. The Labute approximate surface area is 383 Å². The smallest absolute Gasteiger partial charge is 0.243 e. The Bertz CT molecular complexity index is 1980. The van der Waals surface area contributed by atoms with Gasteiger partial charge in [0.25, 0.3) is 0 Å². The van der Waals surface area contributed by atoms with Crippen LogP contribution in [0.1, 0.15) is 45.4 Å². The second-order valence-electron chi connectivity index (χ2n) is 13.1. The van der Waals surface area contributed by atoms with E-state index < -0.39 is 65.1 Å². The molecule has 1 aromatic heterocycles. The molecule has 0 spiro atoms. The highest BCUT2D eigenvalue weighted by atomic mass is 127. The zero-order chi connectivity index (χ0) is 43.1. The number of imidazole rings is 1. The van der Waals surface area contributed by atoms with Crippen molar-refractivity contribution >= 4 is 79.3 Å². The molecule has 5 aromatic rings. The first-order chi connectivity index (χ1) is 27.5. The SMILES string of the molecule is CCCCCCCCn1cc[n+](C)c1.CN(C)c1ccc(N=Nc2c(F)c(F)c(I)c(F)c2F)cc1.CN(C)c1ccc(N=Nc2c(F)c(F)c(I)c(F)c2F)cc1.[I-]. The van der Waals surface area contributed by atoms with Crippen molar-refractivity contribution in [2.45, 2.75) is 52.0 Å². The highest BCUT2D eigenvalue weighted by molar-refractivity contribution is 14.1. The highest BCUT2D eigenvalue weighted by Crippen LogP contribution is 2.34. The third-order valence-electron chi connectivity index (χ3n) is 8.23. The molecule has 0 saturated heterocycles. The van der Waals surface area contributed by atoms with Crippen LogP contribution in [0, 0.1) is 53.7 Å². The number of hydrogen-bond donors (Lipinski definition) is 0. The standard InChI is InChI=1S/2C14H10F4IN3.C12H23N2.HI/c2*1-22(2)8-5-3-7(4-6-8)20-21-14-11(17)9(15)13(19)10(16)12(14)18;1-3-4-5-6-7-8-9-14-11-10-13(2)12-14;/h2*3-6H,1-2H3;10-12H,3-9H2,1-2H3;1H/q;;+1;/p-1. The molecule has 0 atom stereocenters. The van der Waals surface area contributed by atoms with E-state index in [1.807, 2.05) is 38.0 Å². The molecule has 0 aliphatic heterocycles. The van der Waals surface area contributed by atoms with Crippen molar-refractivity contribution < 1.29 is 63.7 Å². The van der Waals surface area contributed by atoms with Crippen LogP contribution in [0.5, 0.6) is 0 Å². The van der Waals surface area contributed by atoms with Gasteiger partial charge in [0.1, 0.15) is 12.4 Å². The Morgan fingerprint density at radius 2 is 0.898 bits per heavy atom. The van der Waals surface area contributed by atoms with Crippen molar-refractivity contribution in [2.75, 3.05) is 38.0 Å². The number of hydrogen-bond acceptors (Lipinski definition) is 6. The third-order valence-corrected chi connectivity index (χ3v) is 10.1. The summed E-state index contributed by atoms with van der Waals surface area (Å²) in [6.07, 6.45) is 14.6. The minimum absolute atomic E-state index is 0. The lowest BCUT2D eigenvalue weighted by Crippen LogP contribution is -3.00. The lowest BCUT2D eigenvalue weighted by Gasteiger charge is -2.11. The van der Waals surface area contributed by atoms with Gasteiger partial charge in [-0.15, -0.1) is 10.2 Å². The Balaban J connectivity index is 0.000000311. The fraction of sp³-hybridized carbons (Fsp3) is 0.325. The summed E-state index contributed by atoms with van der Waals surface area (Å²) in [7, 11) is 9.45. The van der Waals surface area contributed by atoms with Gasteiger partial charge in [0.05, 0.1) is 32.1 Å². The van der Waals surface area contributed by atoms with E-state index in [4.69, 9.17) is 0 Å². The average Bonchev–Trinajstić information content (AvgIpc) is 3.64. The zero-order valence-electron chi connectivity index (χ0n) is 33.0. The van der Waals surface area contributed by atoms with E-state index in [9.17, 15) is 35.1 Å². The number of azo groups is 2. The highest BCUT2D eigenvalue weighted by Gasteiger charge is 2.25. The van der Waals surface area contributed by atoms with Crippen LogP contribution in [-0.2, 0) is 13.6 Å². The molecule has 0 amide bonds. The van der Waals surface area contributed by atoms with Gasteiger partial charge in [-0.3, -0.25) is 0 Å². The van der Waals surface area contributed by atoms with Crippen molar-refractivity contribution in [3.05, 3.63) is 121 Å². The number of aromatic nitrogens is 2. The number of anilines is 2. The van der Waals surface area contributed by atoms with Crippen LogP contribution in [-0.4, -0.2) is 32.8 Å². The van der Waals surface area contributed by atoms with Crippen LogP contribution in [0.4, 0.5) is 69.2 Å². The Morgan fingerprint density at radius 3 is 1.22 bits per heavy atom. The summed E-state index contributed by atoms with van der Waals surface area (Å²) in [5.74, 6) is -12.2. The first-order valence-electron chi connectivity index (χ1n) is 17.9. The first kappa shape index (κ1) is 51.7. The molecular weight excluding hydrogens is 1130 g/mol. The fourth-order valence-corrected chi connectivity index (χ4v) is 5.87. The maximum atomic E-state index is 13.6. The number of unbranched alkanes of at least 4 members (excludes halogenated alkanes) is 5.